The van der Waals surface area contributed by atoms with E-state index in [0.29, 0.717) is 12.4 Å². The molecule has 19 heavy (non-hydrogen) atoms. The summed E-state index contributed by atoms with van der Waals surface area (Å²) in [5, 5.41) is 20.6. The Morgan fingerprint density at radius 3 is 3.16 bits per heavy atom. The third-order valence-electron chi connectivity index (χ3n) is 2.48. The standard InChI is InChI=1S/C10H16N6O2S/c1-16-7-12-14-9(16)2-3-11-4-8(17)6-18-10-5-13-19-15-10/h5,7-8,11,17H,2-4,6H2,1H3. The molecule has 0 bridgehead atoms. The highest BCUT2D eigenvalue weighted by Gasteiger charge is 2.06. The Balaban J connectivity index is 1.56. The zero-order valence-corrected chi connectivity index (χ0v) is 11.4. The minimum atomic E-state index is -0.582. The summed E-state index contributed by atoms with van der Waals surface area (Å²) in [5.74, 6) is 1.36. The van der Waals surface area contributed by atoms with Crippen molar-refractivity contribution in [3.8, 4) is 5.88 Å². The summed E-state index contributed by atoms with van der Waals surface area (Å²) in [7, 11) is 1.90. The Morgan fingerprint density at radius 2 is 2.47 bits per heavy atom. The van der Waals surface area contributed by atoms with E-state index in [2.05, 4.69) is 24.3 Å². The van der Waals surface area contributed by atoms with Gasteiger partial charge in [0.1, 0.15) is 31.1 Å². The van der Waals surface area contributed by atoms with Crippen LogP contribution >= 0.6 is 11.7 Å². The highest BCUT2D eigenvalue weighted by molar-refractivity contribution is 6.99. The van der Waals surface area contributed by atoms with Crippen molar-refractivity contribution >= 4 is 11.7 Å². The zero-order chi connectivity index (χ0) is 13.5. The Hall–Kier alpha value is -1.58. The lowest BCUT2D eigenvalue weighted by molar-refractivity contribution is 0.104. The van der Waals surface area contributed by atoms with Gasteiger partial charge >= 0.3 is 0 Å². The average molecular weight is 284 g/mol. The van der Waals surface area contributed by atoms with Gasteiger partial charge in [0.15, 0.2) is 0 Å². The summed E-state index contributed by atoms with van der Waals surface area (Å²) in [6.45, 7) is 1.37. The van der Waals surface area contributed by atoms with E-state index in [1.54, 1.807) is 6.33 Å². The van der Waals surface area contributed by atoms with Crippen molar-refractivity contribution < 1.29 is 9.84 Å². The topological polar surface area (TPSA) is 98.0 Å². The van der Waals surface area contributed by atoms with Crippen LogP contribution in [0.3, 0.4) is 0 Å². The number of aliphatic hydroxyl groups is 1. The van der Waals surface area contributed by atoms with Gasteiger partial charge in [0.05, 0.1) is 11.7 Å². The number of ether oxygens (including phenoxy) is 1. The lowest BCUT2D eigenvalue weighted by Gasteiger charge is -2.11. The van der Waals surface area contributed by atoms with Crippen molar-refractivity contribution in [2.75, 3.05) is 19.7 Å². The molecule has 0 spiro atoms. The van der Waals surface area contributed by atoms with Crippen molar-refractivity contribution in [1.29, 1.82) is 0 Å². The Kier molecular flexibility index (Phi) is 5.19. The minimum absolute atomic E-state index is 0.197. The first kappa shape index (κ1) is 13.8. The van der Waals surface area contributed by atoms with Crippen LogP contribution in [0.5, 0.6) is 5.88 Å². The van der Waals surface area contributed by atoms with Crippen LogP contribution in [-0.2, 0) is 13.5 Å². The third-order valence-corrected chi connectivity index (χ3v) is 2.94. The van der Waals surface area contributed by atoms with E-state index in [9.17, 15) is 5.11 Å². The molecule has 0 saturated heterocycles. The zero-order valence-electron chi connectivity index (χ0n) is 10.6. The third kappa shape index (κ3) is 4.54. The number of nitrogens with one attached hydrogen (secondary N) is 1. The summed E-state index contributed by atoms with van der Waals surface area (Å²) in [5.41, 5.74) is 0. The molecule has 1 atom stereocenters. The maximum absolute atomic E-state index is 9.69. The molecule has 0 radical (unpaired) electrons. The molecule has 0 aliphatic rings. The second kappa shape index (κ2) is 7.12. The van der Waals surface area contributed by atoms with Crippen molar-refractivity contribution in [3.63, 3.8) is 0 Å². The molecule has 0 saturated carbocycles. The van der Waals surface area contributed by atoms with E-state index < -0.39 is 6.10 Å². The summed E-state index contributed by atoms with van der Waals surface area (Å²) in [6.07, 6.45) is 3.37. The fourth-order valence-corrected chi connectivity index (χ4v) is 1.83. The molecular weight excluding hydrogens is 268 g/mol. The normalized spacial score (nSPS) is 12.5. The first-order valence-electron chi connectivity index (χ1n) is 5.87. The van der Waals surface area contributed by atoms with Crippen LogP contribution in [-0.4, -0.2) is 54.4 Å². The molecule has 0 aliphatic carbocycles. The molecular formula is C10H16N6O2S. The Bertz CT molecular complexity index is 474. The molecule has 9 heteroatoms. The fraction of sp³-hybridized carbons (Fsp3) is 0.600. The van der Waals surface area contributed by atoms with Gasteiger partial charge in [-0.1, -0.05) is 0 Å². The van der Waals surface area contributed by atoms with Crippen LogP contribution in [0.15, 0.2) is 12.5 Å². The number of nitrogens with zero attached hydrogens (tertiary/aromatic N) is 5. The SMILES string of the molecule is Cn1cnnc1CCNCC(O)COc1cnsn1. The molecule has 2 heterocycles. The molecule has 8 nitrogen and oxygen atoms in total. The van der Waals surface area contributed by atoms with Crippen molar-refractivity contribution in [2.24, 2.45) is 7.05 Å². The molecule has 0 aromatic carbocycles. The van der Waals surface area contributed by atoms with E-state index in [-0.39, 0.29) is 6.61 Å². The highest BCUT2D eigenvalue weighted by atomic mass is 32.1. The van der Waals surface area contributed by atoms with E-state index in [1.807, 2.05) is 11.6 Å². The quantitative estimate of drug-likeness (QED) is 0.615. The fourth-order valence-electron chi connectivity index (χ4n) is 1.46. The highest BCUT2D eigenvalue weighted by Crippen LogP contribution is 2.04. The van der Waals surface area contributed by atoms with Gasteiger partial charge < -0.3 is 19.7 Å². The van der Waals surface area contributed by atoms with Crippen LogP contribution < -0.4 is 10.1 Å². The Labute approximate surface area is 114 Å². The maximum atomic E-state index is 9.69. The van der Waals surface area contributed by atoms with E-state index in [1.165, 1.54) is 6.20 Å². The minimum Gasteiger partial charge on any atom is -0.473 e. The lowest BCUT2D eigenvalue weighted by Crippen LogP contribution is -2.32. The molecule has 0 fully saturated rings. The predicted molar refractivity (Wildman–Crippen MR) is 69.0 cm³/mol. The van der Waals surface area contributed by atoms with Gasteiger partial charge in [-0.25, -0.2) is 0 Å². The number of aliphatic hydroxyl groups excluding tert-OH is 1. The average Bonchev–Trinajstić information content (AvgIpc) is 3.04. The van der Waals surface area contributed by atoms with Crippen molar-refractivity contribution in [3.05, 3.63) is 18.3 Å². The molecule has 104 valence electrons. The lowest BCUT2D eigenvalue weighted by atomic mass is 10.3. The van der Waals surface area contributed by atoms with Crippen LogP contribution in [0.2, 0.25) is 0 Å². The summed E-state index contributed by atoms with van der Waals surface area (Å²) < 4.78 is 14.8. The summed E-state index contributed by atoms with van der Waals surface area (Å²) >= 11 is 1.08. The first-order valence-corrected chi connectivity index (χ1v) is 6.60. The summed E-state index contributed by atoms with van der Waals surface area (Å²) in [6, 6.07) is 0. The van der Waals surface area contributed by atoms with Crippen LogP contribution in [0.25, 0.3) is 0 Å². The van der Waals surface area contributed by atoms with Crippen LogP contribution in [0.4, 0.5) is 0 Å². The van der Waals surface area contributed by atoms with Gasteiger partial charge in [-0.3, -0.25) is 0 Å². The smallest absolute Gasteiger partial charge is 0.245 e. The van der Waals surface area contributed by atoms with E-state index in [0.717, 1.165) is 30.5 Å². The molecule has 2 aromatic rings. The van der Waals surface area contributed by atoms with Gasteiger partial charge in [0.2, 0.25) is 5.88 Å². The molecule has 2 rings (SSSR count). The maximum Gasteiger partial charge on any atom is 0.245 e. The molecule has 2 N–H and O–H groups in total. The van der Waals surface area contributed by atoms with Gasteiger partial charge in [0, 0.05) is 26.6 Å². The monoisotopic (exact) mass is 284 g/mol. The second-order valence-corrected chi connectivity index (χ2v) is 4.58. The predicted octanol–water partition coefficient (Wildman–Crippen LogP) is -0.761. The molecule has 2 aromatic heterocycles. The van der Waals surface area contributed by atoms with Crippen molar-refractivity contribution in [1.82, 2.24) is 28.8 Å². The number of hydrogen-bond donors (Lipinski definition) is 2. The molecule has 1 unspecified atom stereocenters. The van der Waals surface area contributed by atoms with Crippen LogP contribution in [0, 0.1) is 0 Å². The summed E-state index contributed by atoms with van der Waals surface area (Å²) in [4.78, 5) is 0. The molecule has 0 amide bonds. The first-order chi connectivity index (χ1) is 9.25. The van der Waals surface area contributed by atoms with E-state index >= 15 is 0 Å². The van der Waals surface area contributed by atoms with Gasteiger partial charge in [0.25, 0.3) is 0 Å². The van der Waals surface area contributed by atoms with Gasteiger partial charge in [-0.15, -0.1) is 14.6 Å². The van der Waals surface area contributed by atoms with Crippen LogP contribution in [0.1, 0.15) is 5.82 Å². The Morgan fingerprint density at radius 1 is 1.58 bits per heavy atom. The second-order valence-electron chi connectivity index (χ2n) is 4.02. The largest absolute Gasteiger partial charge is 0.473 e. The number of aromatic nitrogens is 5. The molecule has 0 aliphatic heterocycles. The van der Waals surface area contributed by atoms with E-state index in [4.69, 9.17) is 4.74 Å². The number of hydrogen-bond acceptors (Lipinski definition) is 8. The van der Waals surface area contributed by atoms with Crippen molar-refractivity contribution in [2.45, 2.75) is 12.5 Å². The van der Waals surface area contributed by atoms with Gasteiger partial charge in [-0.05, 0) is 0 Å². The van der Waals surface area contributed by atoms with Gasteiger partial charge in [-0.2, -0.15) is 4.37 Å². The number of aryl methyl sites for hydroxylation is 1. The number of rotatable bonds is 8.